The number of hydrogen-bond donors (Lipinski definition) is 1. The van der Waals surface area contributed by atoms with Gasteiger partial charge in [0.05, 0.1) is 6.61 Å². The van der Waals surface area contributed by atoms with Gasteiger partial charge in [0.25, 0.3) is 0 Å². The maximum absolute atomic E-state index is 12.7. The van der Waals surface area contributed by atoms with Crippen molar-refractivity contribution < 1.29 is 18.7 Å². The van der Waals surface area contributed by atoms with Crippen molar-refractivity contribution in [3.8, 4) is 0 Å². The molecule has 2 nitrogen and oxygen atoms in total. The van der Waals surface area contributed by atoms with Gasteiger partial charge in [0.2, 0.25) is 0 Å². The molecule has 0 aromatic heterocycles. The Kier molecular flexibility index (Phi) is 7.75. The molecule has 0 rings (SSSR count). The van der Waals surface area contributed by atoms with Crippen molar-refractivity contribution in [2.75, 3.05) is 6.61 Å². The Morgan fingerprint density at radius 2 is 1.50 bits per heavy atom. The van der Waals surface area contributed by atoms with Crippen LogP contribution in [0.15, 0.2) is 0 Å². The molecule has 2 unspecified atom stereocenters. The molecule has 0 heterocycles. The van der Waals surface area contributed by atoms with E-state index in [0.29, 0.717) is 6.29 Å². The lowest BCUT2D eigenvalue weighted by atomic mass is 9.96. The zero-order valence-electron chi connectivity index (χ0n) is 11.1. The summed E-state index contributed by atoms with van der Waals surface area (Å²) in [6.07, 6.45) is 0.345. The fourth-order valence-electron chi connectivity index (χ4n) is 0.319. The van der Waals surface area contributed by atoms with Crippen molar-refractivity contribution in [2.45, 2.75) is 52.9 Å². The number of hydrogen-bond acceptors (Lipinski definition) is 2. The van der Waals surface area contributed by atoms with Crippen molar-refractivity contribution >= 4 is 6.29 Å². The Morgan fingerprint density at radius 1 is 1.12 bits per heavy atom. The monoisotopic (exact) mass is 238 g/mol. The third-order valence-corrected chi connectivity index (χ3v) is 2.87. The van der Waals surface area contributed by atoms with Crippen LogP contribution in [0.4, 0.5) is 8.78 Å². The second-order valence-electron chi connectivity index (χ2n) is 5.01. The van der Waals surface area contributed by atoms with Gasteiger partial charge in [-0.1, -0.05) is 27.7 Å². The van der Waals surface area contributed by atoms with E-state index in [2.05, 4.69) is 0 Å². The summed E-state index contributed by atoms with van der Waals surface area (Å²) in [7, 11) is 0. The van der Waals surface area contributed by atoms with Gasteiger partial charge in [0.1, 0.15) is 5.67 Å². The fraction of sp³-hybridized carbons (Fsp3) is 0.917. The number of aliphatic hydroxyl groups is 1. The Morgan fingerprint density at radius 3 is 1.50 bits per heavy atom. The molecule has 0 amide bonds. The normalized spacial score (nSPS) is 18.4. The van der Waals surface area contributed by atoms with Crippen LogP contribution in [0.2, 0.25) is 0 Å². The summed E-state index contributed by atoms with van der Waals surface area (Å²) in [6, 6.07) is 0. The summed E-state index contributed by atoms with van der Waals surface area (Å²) >= 11 is 0. The highest BCUT2D eigenvalue weighted by Crippen LogP contribution is 2.19. The van der Waals surface area contributed by atoms with E-state index in [0.717, 1.165) is 0 Å². The van der Waals surface area contributed by atoms with Gasteiger partial charge in [-0.2, -0.15) is 0 Å². The van der Waals surface area contributed by atoms with Gasteiger partial charge < -0.3 is 5.11 Å². The average molecular weight is 238 g/mol. The summed E-state index contributed by atoms with van der Waals surface area (Å²) in [5.41, 5.74) is -3.04. The molecule has 0 fully saturated rings. The molecule has 0 saturated carbocycles. The summed E-state index contributed by atoms with van der Waals surface area (Å²) in [5, 5.41) is 8.39. The smallest absolute Gasteiger partial charge is 0.165 e. The van der Waals surface area contributed by atoms with Crippen LogP contribution in [0.5, 0.6) is 0 Å². The average Bonchev–Trinajstić information content (AvgIpc) is 2.18. The van der Waals surface area contributed by atoms with Crippen molar-refractivity contribution in [1.29, 1.82) is 0 Å². The molecular weight excluding hydrogens is 214 g/mol. The maximum Gasteiger partial charge on any atom is 0.165 e. The first kappa shape index (κ1) is 17.9. The first-order chi connectivity index (χ1) is 7.01. The van der Waals surface area contributed by atoms with E-state index in [-0.39, 0.29) is 18.4 Å². The van der Waals surface area contributed by atoms with Crippen LogP contribution in [-0.2, 0) is 4.79 Å². The van der Waals surface area contributed by atoms with Gasteiger partial charge in [-0.25, -0.2) is 8.78 Å². The number of aldehydes is 1. The topological polar surface area (TPSA) is 37.3 Å². The quantitative estimate of drug-likeness (QED) is 0.765. The maximum atomic E-state index is 12.7. The van der Waals surface area contributed by atoms with Crippen LogP contribution in [0.25, 0.3) is 0 Å². The molecule has 16 heavy (non-hydrogen) atoms. The van der Waals surface area contributed by atoms with E-state index >= 15 is 0 Å². The molecular formula is C12H24F2O2. The number of alkyl halides is 2. The lowest BCUT2D eigenvalue weighted by Gasteiger charge is -2.20. The van der Waals surface area contributed by atoms with Crippen LogP contribution >= 0.6 is 0 Å². The molecule has 0 bridgehead atoms. The zero-order valence-corrected chi connectivity index (χ0v) is 11.1. The highest BCUT2D eigenvalue weighted by atomic mass is 19.1. The van der Waals surface area contributed by atoms with Crippen molar-refractivity contribution in [3.63, 3.8) is 0 Å². The van der Waals surface area contributed by atoms with E-state index < -0.39 is 11.3 Å². The summed E-state index contributed by atoms with van der Waals surface area (Å²) in [5.74, 6) is -0.326. The number of rotatable bonds is 4. The Hall–Kier alpha value is -0.510. The minimum Gasteiger partial charge on any atom is -0.393 e. The van der Waals surface area contributed by atoms with Crippen LogP contribution < -0.4 is 0 Å². The lowest BCUT2D eigenvalue weighted by Crippen LogP contribution is -2.29. The summed E-state index contributed by atoms with van der Waals surface area (Å²) in [6.45, 7) is 9.14. The Labute approximate surface area is 97.0 Å². The number of aliphatic hydroxyl groups excluding tert-OH is 1. The van der Waals surface area contributed by atoms with Gasteiger partial charge in [-0.05, 0) is 25.7 Å². The SMILES string of the molecule is CC(C)C(C)(F)C=O.CC(C)C(C)(F)CO. The van der Waals surface area contributed by atoms with Crippen LogP contribution in [0.3, 0.4) is 0 Å². The van der Waals surface area contributed by atoms with Gasteiger partial charge in [-0.3, -0.25) is 4.79 Å². The van der Waals surface area contributed by atoms with Crippen molar-refractivity contribution in [2.24, 2.45) is 11.8 Å². The van der Waals surface area contributed by atoms with Crippen molar-refractivity contribution in [3.05, 3.63) is 0 Å². The predicted octanol–water partition coefficient (Wildman–Crippen LogP) is 2.93. The summed E-state index contributed by atoms with van der Waals surface area (Å²) < 4.78 is 25.3. The van der Waals surface area contributed by atoms with Gasteiger partial charge in [0, 0.05) is 0 Å². The number of carbonyl (C=O) groups is 1. The van der Waals surface area contributed by atoms with E-state index in [9.17, 15) is 13.6 Å². The fourth-order valence-corrected chi connectivity index (χ4v) is 0.319. The number of halogens is 2. The Balaban J connectivity index is 0. The van der Waals surface area contributed by atoms with Crippen molar-refractivity contribution in [1.82, 2.24) is 0 Å². The largest absolute Gasteiger partial charge is 0.393 e. The molecule has 0 aromatic carbocycles. The lowest BCUT2D eigenvalue weighted by molar-refractivity contribution is -0.119. The zero-order chi connectivity index (χ0) is 13.6. The molecule has 0 aliphatic rings. The van der Waals surface area contributed by atoms with E-state index in [4.69, 9.17) is 5.11 Å². The molecule has 2 atom stereocenters. The second kappa shape index (κ2) is 6.94. The second-order valence-corrected chi connectivity index (χ2v) is 5.01. The van der Waals surface area contributed by atoms with Gasteiger partial charge in [0.15, 0.2) is 12.0 Å². The first-order valence-electron chi connectivity index (χ1n) is 5.46. The standard InChI is InChI=1S/C6H13FO.C6H11FO/c2*1-5(2)6(3,7)4-8/h5,8H,4H2,1-3H3;4-5H,1-3H3. The van der Waals surface area contributed by atoms with Crippen LogP contribution in [0.1, 0.15) is 41.5 Å². The molecule has 0 aliphatic carbocycles. The van der Waals surface area contributed by atoms with E-state index in [1.807, 2.05) is 0 Å². The predicted molar refractivity (Wildman–Crippen MR) is 61.9 cm³/mol. The number of carbonyl (C=O) groups excluding carboxylic acids is 1. The van der Waals surface area contributed by atoms with Gasteiger partial charge in [-0.15, -0.1) is 0 Å². The Bertz CT molecular complexity index is 199. The highest BCUT2D eigenvalue weighted by molar-refractivity contribution is 5.61. The molecule has 0 spiro atoms. The van der Waals surface area contributed by atoms with Crippen LogP contribution in [0, 0.1) is 11.8 Å². The summed E-state index contributed by atoms with van der Waals surface area (Å²) in [4.78, 5) is 9.89. The molecule has 0 aliphatic heterocycles. The molecule has 98 valence electrons. The minimum absolute atomic E-state index is 0.104. The van der Waals surface area contributed by atoms with E-state index in [1.54, 1.807) is 27.7 Å². The van der Waals surface area contributed by atoms with Gasteiger partial charge >= 0.3 is 0 Å². The molecule has 0 saturated heterocycles. The third-order valence-electron chi connectivity index (χ3n) is 2.87. The molecule has 4 heteroatoms. The molecule has 1 N–H and O–H groups in total. The first-order valence-corrected chi connectivity index (χ1v) is 5.46. The van der Waals surface area contributed by atoms with E-state index in [1.165, 1.54) is 13.8 Å². The molecule has 0 aromatic rings. The molecule has 0 radical (unpaired) electrons. The minimum atomic E-state index is -1.64. The highest BCUT2D eigenvalue weighted by Gasteiger charge is 2.26. The van der Waals surface area contributed by atoms with Crippen LogP contribution in [-0.4, -0.2) is 29.3 Å². The third kappa shape index (κ3) is 6.88.